The molecule has 8 nitrogen and oxygen atoms in total. The van der Waals surface area contributed by atoms with Crippen molar-refractivity contribution < 1.29 is 23.1 Å². The fourth-order valence-electron chi connectivity index (χ4n) is 2.99. The molecular weight excluding hydrogens is 537 g/mol. The monoisotopic (exact) mass is 555 g/mol. The van der Waals surface area contributed by atoms with Gasteiger partial charge in [0.2, 0.25) is 10.0 Å². The van der Waals surface area contributed by atoms with Gasteiger partial charge in [0.15, 0.2) is 11.5 Å². The minimum absolute atomic E-state index is 0.0463. The number of hydrazone groups is 1. The third-order valence-corrected chi connectivity index (χ3v) is 7.54. The lowest BCUT2D eigenvalue weighted by molar-refractivity contribution is -0.121. The molecule has 3 rings (SSSR count). The van der Waals surface area contributed by atoms with Crippen molar-refractivity contribution in [1.29, 1.82) is 0 Å². The van der Waals surface area contributed by atoms with E-state index in [9.17, 15) is 18.3 Å². The van der Waals surface area contributed by atoms with Crippen LogP contribution in [0.15, 0.2) is 70.7 Å². The Hall–Kier alpha value is -2.82. The number of amides is 1. The van der Waals surface area contributed by atoms with Gasteiger partial charge in [-0.15, -0.1) is 0 Å². The van der Waals surface area contributed by atoms with E-state index < -0.39 is 22.5 Å². The van der Waals surface area contributed by atoms with Crippen LogP contribution in [0.1, 0.15) is 11.1 Å². The molecule has 0 saturated carbocycles. The molecule has 0 aromatic heterocycles. The second kappa shape index (κ2) is 11.7. The summed E-state index contributed by atoms with van der Waals surface area (Å²) in [6.07, 6.45) is 1.32. The number of phenols is 1. The zero-order chi connectivity index (χ0) is 25.6. The molecule has 3 aromatic carbocycles. The first-order valence-electron chi connectivity index (χ1n) is 9.99. The fraction of sp³-hybridized carbons (Fsp3) is 0.130. The van der Waals surface area contributed by atoms with Gasteiger partial charge in [-0.25, -0.2) is 13.8 Å². The van der Waals surface area contributed by atoms with E-state index in [2.05, 4.69) is 10.5 Å². The minimum atomic E-state index is -4.14. The summed E-state index contributed by atoms with van der Waals surface area (Å²) in [5, 5.41) is 14.4. The number of benzene rings is 3. The van der Waals surface area contributed by atoms with Gasteiger partial charge in [0, 0.05) is 27.2 Å². The summed E-state index contributed by atoms with van der Waals surface area (Å²) in [6.45, 7) is -0.821. The van der Waals surface area contributed by atoms with Crippen molar-refractivity contribution in [1.82, 2.24) is 9.73 Å². The van der Waals surface area contributed by atoms with E-state index >= 15 is 0 Å². The Morgan fingerprint density at radius 1 is 1.09 bits per heavy atom. The standard InChI is InChI=1S/C23H20Cl3N3O5S/c1-34-22-11-15(5-10-21(22)30)12-27-28-23(31)14-29(13-18-19(25)3-2-4-20(18)26)35(32,33)17-8-6-16(24)7-9-17/h2-12,30H,13-14H2,1H3,(H,28,31)/b27-12-. The molecule has 0 saturated heterocycles. The molecule has 0 heterocycles. The zero-order valence-electron chi connectivity index (χ0n) is 18.3. The van der Waals surface area contributed by atoms with Gasteiger partial charge in [0.1, 0.15) is 0 Å². The Balaban J connectivity index is 1.83. The molecule has 35 heavy (non-hydrogen) atoms. The van der Waals surface area contributed by atoms with Crippen LogP contribution in [0.2, 0.25) is 15.1 Å². The quantitative estimate of drug-likeness (QED) is 0.293. The van der Waals surface area contributed by atoms with Crippen LogP contribution in [-0.2, 0) is 21.4 Å². The number of ether oxygens (including phenoxy) is 1. The van der Waals surface area contributed by atoms with Crippen molar-refractivity contribution in [3.63, 3.8) is 0 Å². The van der Waals surface area contributed by atoms with Gasteiger partial charge in [-0.2, -0.15) is 9.41 Å². The third kappa shape index (κ3) is 6.87. The molecule has 0 aliphatic rings. The van der Waals surface area contributed by atoms with Crippen LogP contribution in [0.4, 0.5) is 0 Å². The van der Waals surface area contributed by atoms with E-state index in [1.54, 1.807) is 24.3 Å². The highest BCUT2D eigenvalue weighted by Crippen LogP contribution is 2.28. The predicted molar refractivity (Wildman–Crippen MR) is 136 cm³/mol. The van der Waals surface area contributed by atoms with E-state index in [1.807, 2.05) is 0 Å². The molecule has 0 atom stereocenters. The smallest absolute Gasteiger partial charge is 0.255 e. The maximum absolute atomic E-state index is 13.3. The molecule has 0 spiro atoms. The van der Waals surface area contributed by atoms with E-state index in [0.717, 1.165) is 4.31 Å². The van der Waals surface area contributed by atoms with Crippen molar-refractivity contribution in [2.45, 2.75) is 11.4 Å². The minimum Gasteiger partial charge on any atom is -0.504 e. The van der Waals surface area contributed by atoms with Crippen molar-refractivity contribution in [2.75, 3.05) is 13.7 Å². The molecular formula is C23H20Cl3N3O5S. The van der Waals surface area contributed by atoms with Crippen LogP contribution in [-0.4, -0.2) is 43.6 Å². The van der Waals surface area contributed by atoms with Crippen LogP contribution in [0, 0.1) is 0 Å². The first-order chi connectivity index (χ1) is 16.6. The number of halogens is 3. The van der Waals surface area contributed by atoms with Crippen LogP contribution in [0.3, 0.4) is 0 Å². The molecule has 0 unspecified atom stereocenters. The maximum Gasteiger partial charge on any atom is 0.255 e. The molecule has 0 aliphatic heterocycles. The summed E-state index contributed by atoms with van der Waals surface area (Å²) >= 11 is 18.4. The number of hydrogen-bond donors (Lipinski definition) is 2. The first kappa shape index (κ1) is 26.8. The number of carbonyl (C=O) groups excluding carboxylic acids is 1. The topological polar surface area (TPSA) is 108 Å². The number of nitrogens with zero attached hydrogens (tertiary/aromatic N) is 2. The SMILES string of the molecule is COc1cc(/C=N\NC(=O)CN(Cc2c(Cl)cccc2Cl)S(=O)(=O)c2ccc(Cl)cc2)ccc1O. The molecule has 12 heteroatoms. The molecule has 3 aromatic rings. The van der Waals surface area contributed by atoms with Crippen LogP contribution >= 0.6 is 34.8 Å². The van der Waals surface area contributed by atoms with Gasteiger partial charge in [0.25, 0.3) is 5.91 Å². The maximum atomic E-state index is 13.3. The predicted octanol–water partition coefficient (Wildman–Crippen LogP) is 4.70. The van der Waals surface area contributed by atoms with Crippen molar-refractivity contribution in [3.8, 4) is 11.5 Å². The van der Waals surface area contributed by atoms with E-state index in [0.29, 0.717) is 16.1 Å². The number of hydrogen-bond acceptors (Lipinski definition) is 6. The fourth-order valence-corrected chi connectivity index (χ4v) is 5.00. The van der Waals surface area contributed by atoms with Crippen LogP contribution in [0.25, 0.3) is 0 Å². The highest BCUT2D eigenvalue weighted by Gasteiger charge is 2.28. The summed E-state index contributed by atoms with van der Waals surface area (Å²) in [6, 6.07) is 14.8. The van der Waals surface area contributed by atoms with Gasteiger partial charge in [-0.3, -0.25) is 4.79 Å². The lowest BCUT2D eigenvalue weighted by atomic mass is 10.2. The number of rotatable bonds is 9. The number of carbonyl (C=O) groups is 1. The van der Waals surface area contributed by atoms with Crippen LogP contribution < -0.4 is 10.2 Å². The van der Waals surface area contributed by atoms with Gasteiger partial charge < -0.3 is 9.84 Å². The van der Waals surface area contributed by atoms with Crippen molar-refractivity contribution >= 4 is 56.9 Å². The lowest BCUT2D eigenvalue weighted by Gasteiger charge is -2.22. The Morgan fingerprint density at radius 3 is 2.37 bits per heavy atom. The largest absolute Gasteiger partial charge is 0.504 e. The first-order valence-corrected chi connectivity index (χ1v) is 12.6. The van der Waals surface area contributed by atoms with E-state index in [1.165, 1.54) is 49.7 Å². The van der Waals surface area contributed by atoms with Crippen LogP contribution in [0.5, 0.6) is 11.5 Å². The number of phenolic OH excluding ortho intramolecular Hbond substituents is 1. The summed E-state index contributed by atoms with van der Waals surface area (Å²) in [7, 11) is -2.73. The Bertz CT molecular complexity index is 1330. The summed E-state index contributed by atoms with van der Waals surface area (Å²) in [4.78, 5) is 12.6. The summed E-state index contributed by atoms with van der Waals surface area (Å²) in [5.41, 5.74) is 3.18. The average Bonchev–Trinajstić information content (AvgIpc) is 2.82. The Labute approximate surface area is 217 Å². The highest BCUT2D eigenvalue weighted by atomic mass is 35.5. The van der Waals surface area contributed by atoms with Crippen molar-refractivity contribution in [2.24, 2.45) is 5.10 Å². The van der Waals surface area contributed by atoms with Gasteiger partial charge >= 0.3 is 0 Å². The normalized spacial score (nSPS) is 11.7. The Morgan fingerprint density at radius 2 is 1.74 bits per heavy atom. The number of aromatic hydroxyl groups is 1. The molecule has 0 fully saturated rings. The van der Waals surface area contributed by atoms with Gasteiger partial charge in [0.05, 0.1) is 24.8 Å². The molecule has 2 N–H and O–H groups in total. The second-order valence-corrected chi connectivity index (χ2v) is 10.3. The second-order valence-electron chi connectivity index (χ2n) is 7.15. The Kier molecular flexibility index (Phi) is 8.98. The summed E-state index contributed by atoms with van der Waals surface area (Å²) in [5.74, 6) is -0.514. The van der Waals surface area contributed by atoms with E-state index in [-0.39, 0.29) is 33.0 Å². The molecule has 0 bridgehead atoms. The number of sulfonamides is 1. The number of methoxy groups -OCH3 is 1. The lowest BCUT2D eigenvalue weighted by Crippen LogP contribution is -2.39. The molecule has 184 valence electrons. The molecule has 0 aliphatic carbocycles. The van der Waals surface area contributed by atoms with Crippen molar-refractivity contribution in [3.05, 3.63) is 86.9 Å². The van der Waals surface area contributed by atoms with E-state index in [4.69, 9.17) is 39.5 Å². The molecule has 1 amide bonds. The van der Waals surface area contributed by atoms with Gasteiger partial charge in [-0.05, 0) is 60.2 Å². The third-order valence-electron chi connectivity index (χ3n) is 4.77. The summed E-state index contributed by atoms with van der Waals surface area (Å²) < 4.78 is 32.7. The number of nitrogens with one attached hydrogen (secondary N) is 1. The van der Waals surface area contributed by atoms with Gasteiger partial charge in [-0.1, -0.05) is 40.9 Å². The zero-order valence-corrected chi connectivity index (χ0v) is 21.4. The average molecular weight is 557 g/mol. The highest BCUT2D eigenvalue weighted by molar-refractivity contribution is 7.89. The molecule has 0 radical (unpaired) electrons.